The Bertz CT molecular complexity index is 293. The van der Waals surface area contributed by atoms with E-state index in [1.165, 1.54) is 0 Å². The molecule has 0 saturated heterocycles. The Morgan fingerprint density at radius 2 is 1.65 bits per heavy atom. The van der Waals surface area contributed by atoms with E-state index in [2.05, 4.69) is 5.32 Å². The number of amides is 2. The van der Waals surface area contributed by atoms with Gasteiger partial charge >= 0.3 is 0 Å². The normalized spacial score (nSPS) is 14.2. The molecule has 0 spiro atoms. The number of hydrogen-bond donors (Lipinski definition) is 3. The Morgan fingerprint density at radius 1 is 1.18 bits per heavy atom. The van der Waals surface area contributed by atoms with Crippen LogP contribution < -0.4 is 16.8 Å². The van der Waals surface area contributed by atoms with Crippen molar-refractivity contribution in [3.63, 3.8) is 0 Å². The molecule has 5 N–H and O–H groups in total. The van der Waals surface area contributed by atoms with Gasteiger partial charge in [-0.25, -0.2) is 0 Å². The largest absolute Gasteiger partial charge is 0.369 e. The zero-order chi connectivity index (χ0) is 13.9. The lowest BCUT2D eigenvalue weighted by Crippen LogP contribution is -2.45. The Hall–Kier alpha value is -1.10. The van der Waals surface area contributed by atoms with Crippen molar-refractivity contribution in [3.05, 3.63) is 0 Å². The van der Waals surface area contributed by atoms with Gasteiger partial charge in [-0.2, -0.15) is 0 Å². The predicted molar refractivity (Wildman–Crippen MR) is 68.0 cm³/mol. The summed E-state index contributed by atoms with van der Waals surface area (Å²) in [6.07, 6.45) is 0.248. The van der Waals surface area contributed by atoms with Crippen LogP contribution in [0.5, 0.6) is 0 Å². The van der Waals surface area contributed by atoms with Gasteiger partial charge in [0.15, 0.2) is 0 Å². The maximum absolute atomic E-state index is 11.6. The molecular formula is C12H25N3O2. The zero-order valence-electron chi connectivity index (χ0n) is 11.5. The Labute approximate surface area is 103 Å². The summed E-state index contributed by atoms with van der Waals surface area (Å²) in [7, 11) is 0. The molecular weight excluding hydrogens is 218 g/mol. The fourth-order valence-corrected chi connectivity index (χ4v) is 0.985. The van der Waals surface area contributed by atoms with Crippen molar-refractivity contribution in [1.29, 1.82) is 0 Å². The highest BCUT2D eigenvalue weighted by molar-refractivity contribution is 5.82. The van der Waals surface area contributed by atoms with Gasteiger partial charge in [0, 0.05) is 19.0 Å². The monoisotopic (exact) mass is 243 g/mol. The molecule has 1 atom stereocenters. The van der Waals surface area contributed by atoms with Crippen LogP contribution in [-0.2, 0) is 9.59 Å². The molecule has 17 heavy (non-hydrogen) atoms. The first kappa shape index (κ1) is 15.9. The molecule has 0 heterocycles. The van der Waals surface area contributed by atoms with Crippen LogP contribution in [0.25, 0.3) is 0 Å². The molecule has 0 aliphatic carbocycles. The number of rotatable bonds is 5. The number of primary amides is 1. The smallest absolute Gasteiger partial charge is 0.224 e. The summed E-state index contributed by atoms with van der Waals surface area (Å²) in [5.74, 6) is -0.584. The van der Waals surface area contributed by atoms with E-state index in [1.807, 2.05) is 20.8 Å². The minimum Gasteiger partial charge on any atom is -0.369 e. The van der Waals surface area contributed by atoms with Crippen LogP contribution in [0.4, 0.5) is 0 Å². The summed E-state index contributed by atoms with van der Waals surface area (Å²) in [5, 5.41) is 2.69. The first-order chi connectivity index (χ1) is 7.47. The summed E-state index contributed by atoms with van der Waals surface area (Å²) in [5.41, 5.74) is 10.3. The molecule has 5 heteroatoms. The molecule has 0 aromatic heterocycles. The number of hydrogen-bond acceptors (Lipinski definition) is 3. The van der Waals surface area contributed by atoms with E-state index in [4.69, 9.17) is 11.5 Å². The van der Waals surface area contributed by atoms with E-state index >= 15 is 0 Å². The topological polar surface area (TPSA) is 98.2 Å². The molecule has 0 saturated carbocycles. The maximum Gasteiger partial charge on any atom is 0.224 e. The molecule has 0 rings (SSSR count). The average molecular weight is 243 g/mol. The third kappa shape index (κ3) is 5.68. The van der Waals surface area contributed by atoms with Crippen LogP contribution in [0.15, 0.2) is 0 Å². The lowest BCUT2D eigenvalue weighted by molar-refractivity contribution is -0.127. The van der Waals surface area contributed by atoms with Crippen molar-refractivity contribution >= 4 is 11.8 Å². The molecule has 1 unspecified atom stereocenters. The lowest BCUT2D eigenvalue weighted by atomic mass is 9.85. The Kier molecular flexibility index (Phi) is 5.13. The molecule has 0 bridgehead atoms. The third-order valence-electron chi connectivity index (χ3n) is 2.91. The van der Waals surface area contributed by atoms with Crippen LogP contribution in [0.2, 0.25) is 0 Å². The van der Waals surface area contributed by atoms with Crippen LogP contribution in [-0.4, -0.2) is 24.4 Å². The molecule has 0 radical (unpaired) electrons. The maximum atomic E-state index is 11.6. The van der Waals surface area contributed by atoms with E-state index in [-0.39, 0.29) is 30.3 Å². The van der Waals surface area contributed by atoms with E-state index in [9.17, 15) is 9.59 Å². The quantitative estimate of drug-likeness (QED) is 0.651. The Balaban J connectivity index is 4.18. The van der Waals surface area contributed by atoms with Crippen molar-refractivity contribution < 1.29 is 9.59 Å². The van der Waals surface area contributed by atoms with Gasteiger partial charge in [-0.1, -0.05) is 20.8 Å². The molecule has 0 aromatic rings. The first-order valence-electron chi connectivity index (χ1n) is 5.79. The van der Waals surface area contributed by atoms with Gasteiger partial charge in [0.2, 0.25) is 11.8 Å². The highest BCUT2D eigenvalue weighted by Gasteiger charge is 2.27. The number of carbonyl (C=O) groups excluding carboxylic acids is 2. The van der Waals surface area contributed by atoms with Crippen molar-refractivity contribution in [2.24, 2.45) is 22.3 Å². The molecule has 0 aliphatic heterocycles. The predicted octanol–water partition coefficient (Wildman–Crippen LogP) is 0.378. The van der Waals surface area contributed by atoms with Crippen LogP contribution in [0, 0.1) is 10.8 Å². The van der Waals surface area contributed by atoms with Gasteiger partial charge in [-0.15, -0.1) is 0 Å². The fraction of sp³-hybridized carbons (Fsp3) is 0.833. The number of nitrogens with one attached hydrogen (secondary N) is 1. The van der Waals surface area contributed by atoms with E-state index < -0.39 is 11.3 Å². The second kappa shape index (κ2) is 5.49. The van der Waals surface area contributed by atoms with Gasteiger partial charge in [-0.3, -0.25) is 9.59 Å². The first-order valence-corrected chi connectivity index (χ1v) is 5.79. The number of nitrogens with two attached hydrogens (primary N) is 2. The van der Waals surface area contributed by atoms with Crippen LogP contribution >= 0.6 is 0 Å². The molecule has 5 nitrogen and oxygen atoms in total. The molecule has 2 amide bonds. The van der Waals surface area contributed by atoms with Gasteiger partial charge in [0.1, 0.15) is 0 Å². The van der Waals surface area contributed by atoms with E-state index in [0.717, 1.165) is 0 Å². The minimum atomic E-state index is -0.735. The highest BCUT2D eigenvalue weighted by Crippen LogP contribution is 2.19. The highest BCUT2D eigenvalue weighted by atomic mass is 16.2. The second-order valence-corrected chi connectivity index (χ2v) is 6.20. The average Bonchev–Trinajstić information content (AvgIpc) is 2.13. The zero-order valence-corrected chi connectivity index (χ0v) is 11.5. The summed E-state index contributed by atoms with van der Waals surface area (Å²) in [6.45, 7) is 9.57. The summed E-state index contributed by atoms with van der Waals surface area (Å²) >= 11 is 0. The minimum absolute atomic E-state index is 0.115. The summed E-state index contributed by atoms with van der Waals surface area (Å²) in [6, 6.07) is -0.209. The SMILES string of the molecule is CC(C)(CNC(=O)CC(N)C(C)(C)C)C(N)=O. The van der Waals surface area contributed by atoms with Gasteiger partial charge in [0.25, 0.3) is 0 Å². The van der Waals surface area contributed by atoms with Gasteiger partial charge < -0.3 is 16.8 Å². The second-order valence-electron chi connectivity index (χ2n) is 6.20. The van der Waals surface area contributed by atoms with E-state index in [0.29, 0.717) is 0 Å². The van der Waals surface area contributed by atoms with Crippen molar-refractivity contribution in [1.82, 2.24) is 5.32 Å². The number of carbonyl (C=O) groups is 2. The van der Waals surface area contributed by atoms with Crippen molar-refractivity contribution in [2.45, 2.75) is 47.1 Å². The Morgan fingerprint density at radius 3 is 2.00 bits per heavy atom. The molecule has 100 valence electrons. The molecule has 0 aliphatic rings. The summed E-state index contributed by atoms with van der Waals surface area (Å²) < 4.78 is 0. The van der Waals surface area contributed by atoms with Gasteiger partial charge in [-0.05, 0) is 19.3 Å². The standard InChI is InChI=1S/C12H25N3O2/c1-11(2,3)8(13)6-9(16)15-7-12(4,5)10(14)17/h8H,6-7,13H2,1-5H3,(H2,14,17)(H,15,16). The van der Waals surface area contributed by atoms with Gasteiger partial charge in [0.05, 0.1) is 5.41 Å². The third-order valence-corrected chi connectivity index (χ3v) is 2.91. The molecule has 0 fully saturated rings. The van der Waals surface area contributed by atoms with Crippen LogP contribution in [0.1, 0.15) is 41.0 Å². The summed E-state index contributed by atoms with van der Waals surface area (Å²) in [4.78, 5) is 22.7. The van der Waals surface area contributed by atoms with Crippen LogP contribution in [0.3, 0.4) is 0 Å². The van der Waals surface area contributed by atoms with Crippen molar-refractivity contribution in [2.75, 3.05) is 6.54 Å². The van der Waals surface area contributed by atoms with Crippen molar-refractivity contribution in [3.8, 4) is 0 Å². The fourth-order valence-electron chi connectivity index (χ4n) is 0.985. The molecule has 0 aromatic carbocycles. The van der Waals surface area contributed by atoms with E-state index in [1.54, 1.807) is 13.8 Å². The lowest BCUT2D eigenvalue weighted by Gasteiger charge is -2.27.